The molecule has 0 saturated carbocycles. The minimum Gasteiger partial charge on any atom is -0.493 e. The van der Waals surface area contributed by atoms with E-state index in [2.05, 4.69) is 0 Å². The van der Waals surface area contributed by atoms with E-state index < -0.39 is 19.7 Å². The van der Waals surface area contributed by atoms with Gasteiger partial charge in [-0.25, -0.2) is 4.79 Å². The van der Waals surface area contributed by atoms with Crippen molar-refractivity contribution < 1.29 is 38.1 Å². The molecule has 0 aliphatic heterocycles. The van der Waals surface area contributed by atoms with Crippen LogP contribution in [0.5, 0.6) is 17.2 Å². The van der Waals surface area contributed by atoms with Crippen molar-refractivity contribution in [2.45, 2.75) is 18.7 Å². The summed E-state index contributed by atoms with van der Waals surface area (Å²) in [6.07, 6.45) is -2.04. The number of hydrogen-bond acceptors (Lipinski definition) is 6. The molecule has 152 valence electrons. The van der Waals surface area contributed by atoms with E-state index in [-0.39, 0.29) is 18.3 Å². The Kier molecular flexibility index (Phi) is 7.45. The highest BCUT2D eigenvalue weighted by molar-refractivity contribution is 7.52. The van der Waals surface area contributed by atoms with Crippen molar-refractivity contribution in [2.24, 2.45) is 0 Å². The van der Waals surface area contributed by atoms with E-state index >= 15 is 0 Å². The number of rotatable bonds is 10. The summed E-state index contributed by atoms with van der Waals surface area (Å²) in [6, 6.07) is 11.7. The first-order valence-corrected chi connectivity index (χ1v) is 10.1. The molecule has 0 spiro atoms. The first kappa shape index (κ1) is 21.8. The number of carboxylic acids is 1. The molecule has 0 amide bonds. The van der Waals surface area contributed by atoms with Crippen LogP contribution >= 0.6 is 7.60 Å². The maximum atomic E-state index is 12.5. The fraction of sp³-hybridized carbons (Fsp3) is 0.316. The number of methoxy groups -OCH3 is 3. The van der Waals surface area contributed by atoms with Gasteiger partial charge in [0.15, 0.2) is 17.6 Å². The highest BCUT2D eigenvalue weighted by atomic mass is 31.2. The second-order valence-electron chi connectivity index (χ2n) is 5.91. The van der Waals surface area contributed by atoms with Gasteiger partial charge >= 0.3 is 13.6 Å². The van der Waals surface area contributed by atoms with Crippen LogP contribution in [0.15, 0.2) is 42.5 Å². The molecule has 2 aromatic carbocycles. The summed E-state index contributed by atoms with van der Waals surface area (Å²) in [5.41, 5.74) is 1.01. The van der Waals surface area contributed by atoms with Gasteiger partial charge in [0.25, 0.3) is 0 Å². The van der Waals surface area contributed by atoms with E-state index in [0.717, 1.165) is 0 Å². The summed E-state index contributed by atoms with van der Waals surface area (Å²) in [6.45, 7) is 0. The maximum absolute atomic E-state index is 12.5. The third kappa shape index (κ3) is 5.48. The third-order valence-electron chi connectivity index (χ3n) is 3.98. The van der Waals surface area contributed by atoms with E-state index in [1.165, 1.54) is 21.3 Å². The van der Waals surface area contributed by atoms with Crippen molar-refractivity contribution in [1.29, 1.82) is 0 Å². The van der Waals surface area contributed by atoms with Crippen LogP contribution in [-0.2, 0) is 26.5 Å². The van der Waals surface area contributed by atoms with Crippen LogP contribution in [0.3, 0.4) is 0 Å². The molecule has 2 unspecified atom stereocenters. The van der Waals surface area contributed by atoms with Crippen LogP contribution in [0.25, 0.3) is 0 Å². The van der Waals surface area contributed by atoms with Crippen molar-refractivity contribution in [1.82, 2.24) is 0 Å². The Hall–Kier alpha value is -2.54. The van der Waals surface area contributed by atoms with Gasteiger partial charge in [0, 0.05) is 12.0 Å². The average molecular weight is 410 g/mol. The molecule has 8 nitrogen and oxygen atoms in total. The lowest BCUT2D eigenvalue weighted by atomic mass is 10.1. The third-order valence-corrected chi connectivity index (χ3v) is 5.33. The van der Waals surface area contributed by atoms with Gasteiger partial charge in [0.2, 0.25) is 5.75 Å². The van der Waals surface area contributed by atoms with E-state index in [0.29, 0.717) is 22.6 Å². The number of carboxylic acid groups (broad SMARTS) is 1. The van der Waals surface area contributed by atoms with Crippen molar-refractivity contribution in [3.63, 3.8) is 0 Å². The van der Waals surface area contributed by atoms with Crippen LogP contribution < -0.4 is 14.2 Å². The van der Waals surface area contributed by atoms with Gasteiger partial charge < -0.3 is 24.2 Å². The quantitative estimate of drug-likeness (QED) is 0.575. The van der Waals surface area contributed by atoms with Crippen LogP contribution in [0.4, 0.5) is 0 Å². The molecule has 0 fully saturated rings. The van der Waals surface area contributed by atoms with Gasteiger partial charge in [-0.3, -0.25) is 9.09 Å². The number of benzene rings is 2. The second-order valence-corrected chi connectivity index (χ2v) is 7.71. The molecule has 9 heteroatoms. The van der Waals surface area contributed by atoms with E-state index in [4.69, 9.17) is 18.7 Å². The van der Waals surface area contributed by atoms with E-state index in [9.17, 15) is 19.4 Å². The molecular formula is C19H23O8P. The van der Waals surface area contributed by atoms with Crippen molar-refractivity contribution in [2.75, 3.05) is 21.3 Å². The average Bonchev–Trinajstić information content (AvgIpc) is 2.66. The highest BCUT2D eigenvalue weighted by Crippen LogP contribution is 2.48. The molecule has 2 rings (SSSR count). The van der Waals surface area contributed by atoms with Crippen LogP contribution in [0.2, 0.25) is 0 Å². The molecule has 2 N–H and O–H groups in total. The first-order valence-electron chi connectivity index (χ1n) is 8.36. The highest BCUT2D eigenvalue weighted by Gasteiger charge is 2.31. The van der Waals surface area contributed by atoms with E-state index in [1.54, 1.807) is 42.5 Å². The first-order chi connectivity index (χ1) is 13.3. The van der Waals surface area contributed by atoms with Crippen LogP contribution in [-0.4, -0.2) is 43.4 Å². The molecule has 0 aliphatic rings. The van der Waals surface area contributed by atoms with Crippen LogP contribution in [0.1, 0.15) is 11.1 Å². The summed E-state index contributed by atoms with van der Waals surface area (Å²) in [5.74, 6) is -0.386. The Morgan fingerprint density at radius 1 is 1.00 bits per heavy atom. The van der Waals surface area contributed by atoms with Gasteiger partial charge in [-0.15, -0.1) is 0 Å². The predicted molar refractivity (Wildman–Crippen MR) is 102 cm³/mol. The molecule has 0 bridgehead atoms. The molecule has 0 saturated heterocycles. The lowest BCUT2D eigenvalue weighted by Crippen LogP contribution is -2.26. The van der Waals surface area contributed by atoms with Gasteiger partial charge in [-0.05, 0) is 11.6 Å². The Morgan fingerprint density at radius 3 is 2.18 bits per heavy atom. The number of carbonyl (C=O) groups is 1. The second kappa shape index (κ2) is 9.59. The van der Waals surface area contributed by atoms with Gasteiger partial charge in [-0.1, -0.05) is 36.4 Å². The Balaban J connectivity index is 2.26. The Morgan fingerprint density at radius 2 is 1.64 bits per heavy atom. The molecule has 2 aromatic rings. The summed E-state index contributed by atoms with van der Waals surface area (Å²) in [5, 5.41) is 9.50. The molecule has 0 radical (unpaired) electrons. The SMILES string of the molecule is COc1ccc(CC(OP(=O)(O)Cc2ccccc2)C(=O)O)c(OC)c1OC. The molecular weight excluding hydrogens is 387 g/mol. The standard InChI is InChI=1S/C19H23O8P/c1-24-15-10-9-14(17(25-2)18(15)26-3)11-16(19(20)21)27-28(22,23)12-13-7-5-4-6-8-13/h4-10,16H,11-12H2,1-3H3,(H,20,21)(H,22,23). The number of hydrogen-bond donors (Lipinski definition) is 2. The fourth-order valence-corrected chi connectivity index (χ4v) is 4.05. The molecule has 0 aromatic heterocycles. The molecule has 28 heavy (non-hydrogen) atoms. The fourth-order valence-electron chi connectivity index (χ4n) is 2.74. The summed E-state index contributed by atoms with van der Waals surface area (Å²) >= 11 is 0. The summed E-state index contributed by atoms with van der Waals surface area (Å²) < 4.78 is 33.4. The largest absolute Gasteiger partial charge is 0.493 e. The number of ether oxygens (including phenoxy) is 3. The van der Waals surface area contributed by atoms with Gasteiger partial charge in [0.1, 0.15) is 0 Å². The Labute approximate surface area is 163 Å². The minimum atomic E-state index is -4.20. The van der Waals surface area contributed by atoms with Crippen LogP contribution in [0, 0.1) is 0 Å². The molecule has 0 aliphatic carbocycles. The maximum Gasteiger partial charge on any atom is 0.333 e. The monoisotopic (exact) mass is 410 g/mol. The summed E-state index contributed by atoms with van der Waals surface area (Å²) in [7, 11) is 0.102. The number of aliphatic carboxylic acids is 1. The predicted octanol–water partition coefficient (Wildman–Crippen LogP) is 3.11. The normalized spacial score (nSPS) is 14.0. The zero-order valence-corrected chi connectivity index (χ0v) is 16.7. The van der Waals surface area contributed by atoms with Crippen molar-refractivity contribution in [3.05, 3.63) is 53.6 Å². The molecule has 2 atom stereocenters. The summed E-state index contributed by atoms with van der Waals surface area (Å²) in [4.78, 5) is 21.8. The zero-order valence-electron chi connectivity index (χ0n) is 15.8. The van der Waals surface area contributed by atoms with Crippen molar-refractivity contribution >= 4 is 13.6 Å². The minimum absolute atomic E-state index is 0.196. The lowest BCUT2D eigenvalue weighted by Gasteiger charge is -2.21. The lowest BCUT2D eigenvalue weighted by molar-refractivity contribution is -0.145. The van der Waals surface area contributed by atoms with Crippen molar-refractivity contribution in [3.8, 4) is 17.2 Å². The van der Waals surface area contributed by atoms with Gasteiger partial charge in [0.05, 0.1) is 27.5 Å². The smallest absolute Gasteiger partial charge is 0.333 e. The topological polar surface area (TPSA) is 112 Å². The van der Waals surface area contributed by atoms with E-state index in [1.807, 2.05) is 0 Å². The van der Waals surface area contributed by atoms with Gasteiger partial charge in [-0.2, -0.15) is 0 Å². The molecule has 0 heterocycles. The Bertz CT molecular complexity index is 853. The zero-order chi connectivity index (χ0) is 20.7.